The first kappa shape index (κ1) is 10.5. The lowest BCUT2D eigenvalue weighted by Gasteiger charge is -2.17. The summed E-state index contributed by atoms with van der Waals surface area (Å²) in [6.07, 6.45) is 3.94. The van der Waals surface area contributed by atoms with E-state index in [1.54, 1.807) is 17.3 Å². The molecule has 1 saturated heterocycles. The molecule has 1 aliphatic heterocycles. The maximum atomic E-state index is 11.8. The van der Waals surface area contributed by atoms with Crippen molar-refractivity contribution in [2.75, 3.05) is 11.4 Å². The molecule has 0 aliphatic carbocycles. The molecule has 1 unspecified atom stereocenters. The standard InChI is InChI=1S/C13H11ClN2O/c14-10-5-13(17)16(8-10)12-7-15-6-9-3-1-2-4-11(9)12/h1-4,6-7,10H,5,8H2. The minimum atomic E-state index is -0.0959. The van der Waals surface area contributed by atoms with Crippen molar-refractivity contribution in [2.24, 2.45) is 0 Å². The Kier molecular flexibility index (Phi) is 2.48. The summed E-state index contributed by atoms with van der Waals surface area (Å²) in [6, 6.07) is 7.92. The van der Waals surface area contributed by atoms with E-state index in [1.807, 2.05) is 24.3 Å². The number of alkyl halides is 1. The van der Waals surface area contributed by atoms with Gasteiger partial charge in [0.1, 0.15) is 0 Å². The molecule has 1 fully saturated rings. The fourth-order valence-electron chi connectivity index (χ4n) is 2.21. The number of hydrogen-bond acceptors (Lipinski definition) is 2. The molecule has 1 aromatic heterocycles. The van der Waals surface area contributed by atoms with E-state index in [-0.39, 0.29) is 11.3 Å². The van der Waals surface area contributed by atoms with Gasteiger partial charge >= 0.3 is 0 Å². The van der Waals surface area contributed by atoms with Crippen LogP contribution in [0.3, 0.4) is 0 Å². The van der Waals surface area contributed by atoms with Crippen LogP contribution in [0.5, 0.6) is 0 Å². The number of hydrogen-bond donors (Lipinski definition) is 0. The van der Waals surface area contributed by atoms with Gasteiger partial charge in [-0.05, 0) is 0 Å². The third kappa shape index (κ3) is 1.76. The normalized spacial score (nSPS) is 20.2. The number of rotatable bonds is 1. The number of pyridine rings is 1. The van der Waals surface area contributed by atoms with E-state index < -0.39 is 0 Å². The molecule has 0 bridgehead atoms. The Morgan fingerprint density at radius 3 is 2.88 bits per heavy atom. The van der Waals surface area contributed by atoms with Crippen molar-refractivity contribution < 1.29 is 4.79 Å². The van der Waals surface area contributed by atoms with Crippen molar-refractivity contribution in [3.05, 3.63) is 36.7 Å². The third-order valence-electron chi connectivity index (χ3n) is 3.02. The first-order valence-corrected chi connectivity index (χ1v) is 5.96. The second-order valence-electron chi connectivity index (χ2n) is 4.19. The molecule has 0 radical (unpaired) electrons. The van der Waals surface area contributed by atoms with Crippen LogP contribution in [0, 0.1) is 0 Å². The van der Waals surface area contributed by atoms with Crippen molar-refractivity contribution in [3.8, 4) is 0 Å². The zero-order chi connectivity index (χ0) is 11.8. The lowest BCUT2D eigenvalue weighted by molar-refractivity contribution is -0.117. The molecule has 86 valence electrons. The Hall–Kier alpha value is -1.61. The Labute approximate surface area is 104 Å². The number of carbonyl (C=O) groups excluding carboxylic acids is 1. The van der Waals surface area contributed by atoms with Crippen LogP contribution in [0.4, 0.5) is 5.69 Å². The number of carbonyl (C=O) groups is 1. The van der Waals surface area contributed by atoms with Crippen LogP contribution in [-0.2, 0) is 4.79 Å². The Morgan fingerprint density at radius 2 is 2.12 bits per heavy atom. The summed E-state index contributed by atoms with van der Waals surface area (Å²) < 4.78 is 0. The maximum Gasteiger partial charge on any atom is 0.228 e. The van der Waals surface area contributed by atoms with Gasteiger partial charge in [0.25, 0.3) is 0 Å². The number of amides is 1. The zero-order valence-electron chi connectivity index (χ0n) is 9.14. The van der Waals surface area contributed by atoms with Gasteiger partial charge < -0.3 is 4.90 Å². The summed E-state index contributed by atoms with van der Waals surface area (Å²) in [5.41, 5.74) is 0.858. The van der Waals surface area contributed by atoms with E-state index in [4.69, 9.17) is 11.6 Å². The largest absolute Gasteiger partial charge is 0.309 e. The summed E-state index contributed by atoms with van der Waals surface area (Å²) in [6.45, 7) is 0.566. The number of fused-ring (bicyclic) bond motifs is 1. The topological polar surface area (TPSA) is 33.2 Å². The SMILES string of the molecule is O=C1CC(Cl)CN1c1cncc2ccccc12. The monoisotopic (exact) mass is 246 g/mol. The van der Waals surface area contributed by atoms with Crippen LogP contribution in [0.1, 0.15) is 6.42 Å². The van der Waals surface area contributed by atoms with Crippen LogP contribution < -0.4 is 4.90 Å². The molecule has 0 saturated carbocycles. The van der Waals surface area contributed by atoms with Crippen LogP contribution in [0.15, 0.2) is 36.7 Å². The van der Waals surface area contributed by atoms with Gasteiger partial charge in [-0.15, -0.1) is 11.6 Å². The molecular weight excluding hydrogens is 236 g/mol. The zero-order valence-corrected chi connectivity index (χ0v) is 9.89. The highest BCUT2D eigenvalue weighted by Crippen LogP contribution is 2.30. The van der Waals surface area contributed by atoms with E-state index in [0.29, 0.717) is 13.0 Å². The highest BCUT2D eigenvalue weighted by Gasteiger charge is 2.30. The van der Waals surface area contributed by atoms with Gasteiger partial charge in [-0.1, -0.05) is 24.3 Å². The first-order valence-electron chi connectivity index (χ1n) is 5.53. The highest BCUT2D eigenvalue weighted by molar-refractivity contribution is 6.24. The number of halogens is 1. The van der Waals surface area contributed by atoms with Gasteiger partial charge in [0.05, 0.1) is 17.3 Å². The number of anilines is 1. The first-order chi connectivity index (χ1) is 8.25. The lowest BCUT2D eigenvalue weighted by atomic mass is 10.1. The Balaban J connectivity index is 2.14. The van der Waals surface area contributed by atoms with Crippen molar-refractivity contribution in [2.45, 2.75) is 11.8 Å². The predicted octanol–water partition coefficient (Wildman–Crippen LogP) is 2.58. The van der Waals surface area contributed by atoms with Crippen molar-refractivity contribution in [3.63, 3.8) is 0 Å². The van der Waals surface area contributed by atoms with Gasteiger partial charge in [-0.25, -0.2) is 0 Å². The van der Waals surface area contributed by atoms with E-state index in [1.165, 1.54) is 0 Å². The second kappa shape index (κ2) is 4.00. The van der Waals surface area contributed by atoms with Gasteiger partial charge in [-0.2, -0.15) is 0 Å². The van der Waals surface area contributed by atoms with E-state index in [0.717, 1.165) is 16.5 Å². The molecule has 4 heteroatoms. The van der Waals surface area contributed by atoms with Crippen LogP contribution in [0.25, 0.3) is 10.8 Å². The van der Waals surface area contributed by atoms with Gasteiger partial charge in [0, 0.05) is 29.9 Å². The Bertz CT molecular complexity index is 579. The third-order valence-corrected chi connectivity index (χ3v) is 3.31. The Morgan fingerprint density at radius 1 is 1.29 bits per heavy atom. The molecular formula is C13H11ClN2O. The molecule has 0 spiro atoms. The molecule has 1 aliphatic rings. The summed E-state index contributed by atoms with van der Waals surface area (Å²) in [5, 5.41) is 1.99. The molecule has 1 amide bonds. The average Bonchev–Trinajstić information content (AvgIpc) is 2.68. The van der Waals surface area contributed by atoms with Crippen LogP contribution >= 0.6 is 11.6 Å². The smallest absolute Gasteiger partial charge is 0.228 e. The summed E-state index contributed by atoms with van der Waals surface area (Å²) in [4.78, 5) is 17.8. The number of benzene rings is 1. The van der Waals surface area contributed by atoms with E-state index in [9.17, 15) is 4.79 Å². The van der Waals surface area contributed by atoms with Gasteiger partial charge in [0.15, 0.2) is 0 Å². The fourth-order valence-corrected chi connectivity index (χ4v) is 2.48. The van der Waals surface area contributed by atoms with E-state index >= 15 is 0 Å². The average molecular weight is 247 g/mol. The van der Waals surface area contributed by atoms with Crippen LogP contribution in [0.2, 0.25) is 0 Å². The minimum absolute atomic E-state index is 0.0724. The maximum absolute atomic E-state index is 11.8. The molecule has 1 aromatic carbocycles. The van der Waals surface area contributed by atoms with Crippen LogP contribution in [-0.4, -0.2) is 22.8 Å². The van der Waals surface area contributed by atoms with Crippen molar-refractivity contribution in [1.29, 1.82) is 0 Å². The van der Waals surface area contributed by atoms with Crippen molar-refractivity contribution >= 4 is 34.0 Å². The fraction of sp³-hybridized carbons (Fsp3) is 0.231. The minimum Gasteiger partial charge on any atom is -0.309 e. The quantitative estimate of drug-likeness (QED) is 0.725. The molecule has 17 heavy (non-hydrogen) atoms. The van der Waals surface area contributed by atoms with Gasteiger partial charge in [-0.3, -0.25) is 9.78 Å². The van der Waals surface area contributed by atoms with Crippen molar-refractivity contribution in [1.82, 2.24) is 4.98 Å². The molecule has 2 heterocycles. The molecule has 1 atom stereocenters. The second-order valence-corrected chi connectivity index (χ2v) is 4.80. The number of nitrogens with zero attached hydrogens (tertiary/aromatic N) is 2. The van der Waals surface area contributed by atoms with Gasteiger partial charge in [0.2, 0.25) is 5.91 Å². The molecule has 2 aromatic rings. The highest BCUT2D eigenvalue weighted by atomic mass is 35.5. The van der Waals surface area contributed by atoms with E-state index in [2.05, 4.69) is 4.98 Å². The molecule has 3 rings (SSSR count). The number of aromatic nitrogens is 1. The summed E-state index contributed by atoms with van der Waals surface area (Å²) in [7, 11) is 0. The summed E-state index contributed by atoms with van der Waals surface area (Å²) in [5.74, 6) is 0.0724. The molecule has 3 nitrogen and oxygen atoms in total. The lowest BCUT2D eigenvalue weighted by Crippen LogP contribution is -2.24. The molecule has 0 N–H and O–H groups in total. The summed E-state index contributed by atoms with van der Waals surface area (Å²) >= 11 is 6.02. The predicted molar refractivity (Wildman–Crippen MR) is 68.4 cm³/mol.